The summed E-state index contributed by atoms with van der Waals surface area (Å²) in [5.41, 5.74) is 2.78. The lowest BCUT2D eigenvalue weighted by atomic mass is 10.1. The number of benzene rings is 1. The molecule has 3 aromatic rings. The number of imidazole rings is 1. The van der Waals surface area contributed by atoms with Crippen LogP contribution in [0, 0.1) is 6.92 Å². The van der Waals surface area contributed by atoms with Crippen molar-refractivity contribution in [3.8, 4) is 17.3 Å². The first-order valence-corrected chi connectivity index (χ1v) is 5.34. The van der Waals surface area contributed by atoms with E-state index in [-0.39, 0.29) is 5.88 Å². The normalized spacial score (nSPS) is 10.9. The third kappa shape index (κ3) is 1.54. The predicted molar refractivity (Wildman–Crippen MR) is 64.8 cm³/mol. The summed E-state index contributed by atoms with van der Waals surface area (Å²) in [6.45, 7) is 2.04. The van der Waals surface area contributed by atoms with Gasteiger partial charge in [-0.05, 0) is 6.92 Å². The van der Waals surface area contributed by atoms with Crippen molar-refractivity contribution in [3.05, 3.63) is 48.4 Å². The van der Waals surface area contributed by atoms with Crippen LogP contribution < -0.4 is 0 Å². The Morgan fingerprint density at radius 2 is 1.94 bits per heavy atom. The Bertz CT molecular complexity index is 671. The summed E-state index contributed by atoms with van der Waals surface area (Å²) < 4.78 is 1.83. The molecule has 3 rings (SSSR count). The zero-order valence-corrected chi connectivity index (χ0v) is 9.33. The Morgan fingerprint density at radius 1 is 1.18 bits per heavy atom. The van der Waals surface area contributed by atoms with Gasteiger partial charge in [0.1, 0.15) is 11.3 Å². The Hall–Kier alpha value is -2.36. The van der Waals surface area contributed by atoms with Gasteiger partial charge in [-0.3, -0.25) is 9.38 Å². The van der Waals surface area contributed by atoms with Crippen LogP contribution >= 0.6 is 0 Å². The van der Waals surface area contributed by atoms with Crippen LogP contribution in [-0.4, -0.2) is 19.5 Å². The highest BCUT2D eigenvalue weighted by Crippen LogP contribution is 2.25. The number of hydrogen-bond donors (Lipinski definition) is 1. The number of rotatable bonds is 1. The standard InChI is InChI=1S/C13H11N3O/c1-9-2-4-10(5-3-9)12-15-13(17)11-8-14-6-7-16(11)12/h2-8,17H,1H3. The number of aryl methyl sites for hydroxylation is 1. The average molecular weight is 225 g/mol. The lowest BCUT2D eigenvalue weighted by molar-refractivity contribution is 0.462. The first-order valence-electron chi connectivity index (χ1n) is 5.34. The molecule has 0 saturated carbocycles. The lowest BCUT2D eigenvalue weighted by Crippen LogP contribution is -1.89. The average Bonchev–Trinajstić information content (AvgIpc) is 2.69. The second kappa shape index (κ2) is 3.59. The SMILES string of the molecule is Cc1ccc(-c2nc(O)c3cnccn23)cc1. The van der Waals surface area contributed by atoms with E-state index < -0.39 is 0 Å². The third-order valence-corrected chi connectivity index (χ3v) is 2.74. The molecule has 0 atom stereocenters. The minimum atomic E-state index is 0.00803. The van der Waals surface area contributed by atoms with Crippen molar-refractivity contribution in [1.29, 1.82) is 0 Å². The van der Waals surface area contributed by atoms with Crippen LogP contribution in [0.2, 0.25) is 0 Å². The molecule has 0 amide bonds. The molecular weight excluding hydrogens is 214 g/mol. The fourth-order valence-electron chi connectivity index (χ4n) is 1.83. The van der Waals surface area contributed by atoms with Crippen molar-refractivity contribution in [2.24, 2.45) is 0 Å². The highest BCUT2D eigenvalue weighted by atomic mass is 16.3. The van der Waals surface area contributed by atoms with Gasteiger partial charge >= 0.3 is 0 Å². The van der Waals surface area contributed by atoms with E-state index >= 15 is 0 Å². The first-order chi connectivity index (χ1) is 8.25. The van der Waals surface area contributed by atoms with Crippen LogP contribution in [0.15, 0.2) is 42.9 Å². The van der Waals surface area contributed by atoms with E-state index in [4.69, 9.17) is 0 Å². The molecule has 0 spiro atoms. The van der Waals surface area contributed by atoms with Crippen LogP contribution in [0.1, 0.15) is 5.56 Å². The van der Waals surface area contributed by atoms with Gasteiger partial charge in [-0.1, -0.05) is 29.8 Å². The van der Waals surface area contributed by atoms with Gasteiger partial charge in [0.25, 0.3) is 0 Å². The summed E-state index contributed by atoms with van der Waals surface area (Å²) in [6.07, 6.45) is 5.06. The quantitative estimate of drug-likeness (QED) is 0.691. The van der Waals surface area contributed by atoms with E-state index in [0.717, 1.165) is 11.4 Å². The lowest BCUT2D eigenvalue weighted by Gasteiger charge is -2.00. The molecule has 17 heavy (non-hydrogen) atoms. The highest BCUT2D eigenvalue weighted by molar-refractivity contribution is 5.66. The van der Waals surface area contributed by atoms with Gasteiger partial charge < -0.3 is 5.11 Å². The third-order valence-electron chi connectivity index (χ3n) is 2.74. The van der Waals surface area contributed by atoms with Gasteiger partial charge in [-0.15, -0.1) is 0 Å². The number of fused-ring (bicyclic) bond motifs is 1. The Labute approximate surface area is 98.2 Å². The minimum Gasteiger partial charge on any atom is -0.492 e. The van der Waals surface area contributed by atoms with Crippen LogP contribution in [0.3, 0.4) is 0 Å². The van der Waals surface area contributed by atoms with Crippen molar-refractivity contribution in [1.82, 2.24) is 14.4 Å². The zero-order valence-electron chi connectivity index (χ0n) is 9.33. The van der Waals surface area contributed by atoms with Gasteiger partial charge in [0, 0.05) is 18.0 Å². The molecular formula is C13H11N3O. The van der Waals surface area contributed by atoms with E-state index in [1.54, 1.807) is 18.6 Å². The Balaban J connectivity index is 2.27. The number of aromatic nitrogens is 3. The maximum absolute atomic E-state index is 9.74. The van der Waals surface area contributed by atoms with Crippen molar-refractivity contribution in [2.75, 3.05) is 0 Å². The van der Waals surface area contributed by atoms with Gasteiger partial charge in [0.05, 0.1) is 6.20 Å². The van der Waals surface area contributed by atoms with Crippen molar-refractivity contribution < 1.29 is 5.11 Å². The van der Waals surface area contributed by atoms with Crippen molar-refractivity contribution in [2.45, 2.75) is 6.92 Å². The smallest absolute Gasteiger partial charge is 0.239 e. The molecule has 1 aromatic carbocycles. The van der Waals surface area contributed by atoms with Crippen LogP contribution in [-0.2, 0) is 0 Å². The topological polar surface area (TPSA) is 50.4 Å². The summed E-state index contributed by atoms with van der Waals surface area (Å²) in [7, 11) is 0. The highest BCUT2D eigenvalue weighted by Gasteiger charge is 2.11. The van der Waals surface area contributed by atoms with E-state index in [2.05, 4.69) is 9.97 Å². The van der Waals surface area contributed by atoms with Crippen LogP contribution in [0.5, 0.6) is 5.88 Å². The molecule has 0 aliphatic heterocycles. The summed E-state index contributed by atoms with van der Waals surface area (Å²) in [4.78, 5) is 8.14. The molecule has 0 radical (unpaired) electrons. The van der Waals surface area contributed by atoms with E-state index in [1.165, 1.54) is 5.56 Å². The summed E-state index contributed by atoms with van der Waals surface area (Å²) in [6, 6.07) is 8.03. The number of aromatic hydroxyl groups is 1. The van der Waals surface area contributed by atoms with Crippen LogP contribution in [0.4, 0.5) is 0 Å². The Kier molecular flexibility index (Phi) is 2.08. The van der Waals surface area contributed by atoms with E-state index in [9.17, 15) is 5.11 Å². The summed E-state index contributed by atoms with van der Waals surface area (Å²) >= 11 is 0. The monoisotopic (exact) mass is 225 g/mol. The summed E-state index contributed by atoms with van der Waals surface area (Å²) in [5, 5.41) is 9.74. The first kappa shape index (κ1) is 9.84. The minimum absolute atomic E-state index is 0.00803. The predicted octanol–water partition coefficient (Wildman–Crippen LogP) is 2.41. The molecule has 0 saturated heterocycles. The number of hydrogen-bond acceptors (Lipinski definition) is 3. The van der Waals surface area contributed by atoms with E-state index in [0.29, 0.717) is 5.52 Å². The second-order valence-corrected chi connectivity index (χ2v) is 3.96. The maximum Gasteiger partial charge on any atom is 0.239 e. The molecule has 0 fully saturated rings. The molecule has 2 heterocycles. The zero-order chi connectivity index (χ0) is 11.8. The molecule has 0 bridgehead atoms. The van der Waals surface area contributed by atoms with Gasteiger partial charge in [0.2, 0.25) is 5.88 Å². The molecule has 0 unspecified atom stereocenters. The number of nitrogens with zero attached hydrogens (tertiary/aromatic N) is 3. The molecule has 4 heteroatoms. The molecule has 1 N–H and O–H groups in total. The fourth-order valence-corrected chi connectivity index (χ4v) is 1.83. The van der Waals surface area contributed by atoms with Crippen molar-refractivity contribution >= 4 is 5.52 Å². The molecule has 4 nitrogen and oxygen atoms in total. The Morgan fingerprint density at radius 3 is 2.71 bits per heavy atom. The molecule has 0 aliphatic rings. The van der Waals surface area contributed by atoms with E-state index in [1.807, 2.05) is 35.6 Å². The largest absolute Gasteiger partial charge is 0.492 e. The fraction of sp³-hybridized carbons (Fsp3) is 0.0769. The van der Waals surface area contributed by atoms with Gasteiger partial charge in [0.15, 0.2) is 0 Å². The summed E-state index contributed by atoms with van der Waals surface area (Å²) in [5.74, 6) is 0.730. The van der Waals surface area contributed by atoms with Crippen molar-refractivity contribution in [3.63, 3.8) is 0 Å². The van der Waals surface area contributed by atoms with Gasteiger partial charge in [-0.25, -0.2) is 0 Å². The van der Waals surface area contributed by atoms with Gasteiger partial charge in [-0.2, -0.15) is 4.98 Å². The molecule has 0 aliphatic carbocycles. The molecule has 84 valence electrons. The second-order valence-electron chi connectivity index (χ2n) is 3.96. The maximum atomic E-state index is 9.74. The van der Waals surface area contributed by atoms with Crippen LogP contribution in [0.25, 0.3) is 16.9 Å². The molecule has 2 aromatic heterocycles.